The van der Waals surface area contributed by atoms with E-state index in [0.29, 0.717) is 6.61 Å². The summed E-state index contributed by atoms with van der Waals surface area (Å²) in [4.78, 5) is 0. The molecule has 0 aliphatic carbocycles. The fraction of sp³-hybridized carbons (Fsp3) is 0.857. The van der Waals surface area contributed by atoms with Crippen molar-refractivity contribution in [2.45, 2.75) is 70.1 Å². The third-order valence-electron chi connectivity index (χ3n) is 3.43. The predicted octanol–water partition coefficient (Wildman–Crippen LogP) is 1.59. The Hall–Kier alpha value is -0.460. The highest BCUT2D eigenvalue weighted by molar-refractivity contribution is 4.95. The zero-order valence-electron chi connectivity index (χ0n) is 11.9. The van der Waals surface area contributed by atoms with Gasteiger partial charge in [-0.1, -0.05) is 6.08 Å². The predicted molar refractivity (Wildman–Crippen MR) is 69.5 cm³/mol. The van der Waals surface area contributed by atoms with Crippen molar-refractivity contribution in [3.8, 4) is 0 Å². The van der Waals surface area contributed by atoms with Crippen molar-refractivity contribution in [1.29, 1.82) is 0 Å². The summed E-state index contributed by atoms with van der Waals surface area (Å²) in [5.41, 5.74) is 0. The second kappa shape index (κ2) is 5.89. The third-order valence-corrected chi connectivity index (χ3v) is 3.43. The molecule has 2 fully saturated rings. The average Bonchev–Trinajstić information content (AvgIpc) is 2.67. The fourth-order valence-electron chi connectivity index (χ4n) is 2.53. The minimum atomic E-state index is -0.827. The monoisotopic (exact) mass is 272 g/mol. The van der Waals surface area contributed by atoms with Gasteiger partial charge in [-0.2, -0.15) is 0 Å². The minimum Gasteiger partial charge on any atom is -0.385 e. The maximum atomic E-state index is 10.3. The van der Waals surface area contributed by atoms with Crippen LogP contribution in [0.15, 0.2) is 12.7 Å². The third kappa shape index (κ3) is 3.35. The quantitative estimate of drug-likeness (QED) is 0.608. The number of rotatable bonds is 5. The molecule has 5 atom stereocenters. The van der Waals surface area contributed by atoms with E-state index in [1.807, 2.05) is 26.8 Å². The summed E-state index contributed by atoms with van der Waals surface area (Å²) in [6.07, 6.45) is 1.29. The molecule has 2 heterocycles. The summed E-state index contributed by atoms with van der Waals surface area (Å²) in [6, 6.07) is 0. The van der Waals surface area contributed by atoms with E-state index in [1.165, 1.54) is 0 Å². The number of unbranched alkanes of at least 4 members (excludes halogenated alkanes) is 1. The van der Waals surface area contributed by atoms with Crippen LogP contribution in [0, 0.1) is 0 Å². The summed E-state index contributed by atoms with van der Waals surface area (Å²) in [5.74, 6) is -0.689. The number of hydrogen-bond donors (Lipinski definition) is 1. The summed E-state index contributed by atoms with van der Waals surface area (Å²) in [7, 11) is 0. The fourth-order valence-corrected chi connectivity index (χ4v) is 2.53. The number of fused-ring (bicyclic) bond motifs is 1. The molecular formula is C14H24O5. The molecule has 0 saturated carbocycles. The normalized spacial score (nSPS) is 40.9. The van der Waals surface area contributed by atoms with Gasteiger partial charge in [-0.05, 0) is 33.6 Å². The second-order valence-electron chi connectivity index (χ2n) is 5.57. The van der Waals surface area contributed by atoms with Crippen molar-refractivity contribution >= 4 is 0 Å². The van der Waals surface area contributed by atoms with Gasteiger partial charge in [-0.15, -0.1) is 6.58 Å². The van der Waals surface area contributed by atoms with E-state index < -0.39 is 24.3 Å². The van der Waals surface area contributed by atoms with Gasteiger partial charge in [-0.3, -0.25) is 0 Å². The van der Waals surface area contributed by atoms with Crippen LogP contribution in [0.25, 0.3) is 0 Å². The van der Waals surface area contributed by atoms with E-state index in [4.69, 9.17) is 18.9 Å². The Kier molecular flexibility index (Phi) is 4.63. The van der Waals surface area contributed by atoms with Gasteiger partial charge >= 0.3 is 0 Å². The number of allylic oxidation sites excluding steroid dienone is 1. The number of aliphatic hydroxyl groups is 1. The smallest absolute Gasteiger partial charge is 0.186 e. The molecule has 2 aliphatic heterocycles. The average molecular weight is 272 g/mol. The summed E-state index contributed by atoms with van der Waals surface area (Å²) in [6.45, 7) is 9.78. The van der Waals surface area contributed by atoms with Crippen LogP contribution < -0.4 is 0 Å². The topological polar surface area (TPSA) is 57.2 Å². The van der Waals surface area contributed by atoms with E-state index in [-0.39, 0.29) is 12.2 Å². The summed E-state index contributed by atoms with van der Waals surface area (Å²) >= 11 is 0. The van der Waals surface area contributed by atoms with E-state index in [1.54, 1.807) is 0 Å². The highest BCUT2D eigenvalue weighted by atomic mass is 16.8. The Morgan fingerprint density at radius 2 is 2.00 bits per heavy atom. The van der Waals surface area contributed by atoms with Crippen LogP contribution in [0.3, 0.4) is 0 Å². The lowest BCUT2D eigenvalue weighted by Crippen LogP contribution is -2.56. The molecular weight excluding hydrogens is 248 g/mol. The molecule has 0 radical (unpaired) electrons. The van der Waals surface area contributed by atoms with E-state index >= 15 is 0 Å². The van der Waals surface area contributed by atoms with E-state index in [2.05, 4.69) is 6.58 Å². The minimum absolute atomic E-state index is 0.167. The number of ether oxygens (including phenoxy) is 4. The van der Waals surface area contributed by atoms with Gasteiger partial charge in [0.15, 0.2) is 12.1 Å². The van der Waals surface area contributed by atoms with Crippen molar-refractivity contribution < 1.29 is 24.1 Å². The molecule has 0 spiro atoms. The van der Waals surface area contributed by atoms with Crippen molar-refractivity contribution in [1.82, 2.24) is 0 Å². The zero-order valence-corrected chi connectivity index (χ0v) is 11.9. The molecule has 2 saturated heterocycles. The van der Waals surface area contributed by atoms with Gasteiger partial charge in [0.2, 0.25) is 0 Å². The molecule has 0 amide bonds. The van der Waals surface area contributed by atoms with Crippen LogP contribution >= 0.6 is 0 Å². The van der Waals surface area contributed by atoms with Crippen molar-refractivity contribution in [2.24, 2.45) is 0 Å². The molecule has 2 aliphatic rings. The second-order valence-corrected chi connectivity index (χ2v) is 5.57. The highest BCUT2D eigenvalue weighted by Crippen LogP contribution is 2.37. The van der Waals surface area contributed by atoms with Crippen molar-refractivity contribution in [3.05, 3.63) is 12.7 Å². The molecule has 0 aromatic carbocycles. The van der Waals surface area contributed by atoms with Gasteiger partial charge in [-0.25, -0.2) is 0 Å². The molecule has 0 bridgehead atoms. The summed E-state index contributed by atoms with van der Waals surface area (Å²) in [5, 5.41) is 10.3. The summed E-state index contributed by atoms with van der Waals surface area (Å²) < 4.78 is 22.8. The lowest BCUT2D eigenvalue weighted by Gasteiger charge is -2.38. The highest BCUT2D eigenvalue weighted by Gasteiger charge is 2.53. The van der Waals surface area contributed by atoms with Gasteiger partial charge in [0.25, 0.3) is 0 Å². The van der Waals surface area contributed by atoms with Crippen molar-refractivity contribution in [3.63, 3.8) is 0 Å². The Morgan fingerprint density at radius 1 is 1.32 bits per heavy atom. The van der Waals surface area contributed by atoms with Gasteiger partial charge < -0.3 is 24.1 Å². The molecule has 0 aromatic rings. The van der Waals surface area contributed by atoms with E-state index in [0.717, 1.165) is 12.8 Å². The van der Waals surface area contributed by atoms with Crippen LogP contribution in [0.5, 0.6) is 0 Å². The zero-order chi connectivity index (χ0) is 14.0. The first-order valence-corrected chi connectivity index (χ1v) is 6.86. The molecule has 19 heavy (non-hydrogen) atoms. The Morgan fingerprint density at radius 3 is 2.68 bits per heavy atom. The Balaban J connectivity index is 1.92. The van der Waals surface area contributed by atoms with Crippen LogP contribution in [-0.2, 0) is 18.9 Å². The number of aliphatic hydroxyl groups excluding tert-OH is 1. The maximum Gasteiger partial charge on any atom is 0.186 e. The largest absolute Gasteiger partial charge is 0.385 e. The Labute approximate surface area is 114 Å². The molecule has 5 nitrogen and oxygen atoms in total. The number of hydrogen-bond acceptors (Lipinski definition) is 5. The van der Waals surface area contributed by atoms with Gasteiger partial charge in [0.05, 0.1) is 12.7 Å². The van der Waals surface area contributed by atoms with Crippen LogP contribution in [0.1, 0.15) is 33.6 Å². The first-order valence-electron chi connectivity index (χ1n) is 6.86. The van der Waals surface area contributed by atoms with Crippen LogP contribution in [0.4, 0.5) is 0 Å². The SMILES string of the molecule is C=CCCCOC1O[C@@H](C)[C@H]2OC(C)(C)O[C@H]2[C@@H]1O. The molecule has 2 rings (SSSR count). The first kappa shape index (κ1) is 14.9. The lowest BCUT2D eigenvalue weighted by atomic mass is 10.0. The first-order chi connectivity index (χ1) is 8.94. The maximum absolute atomic E-state index is 10.3. The van der Waals surface area contributed by atoms with Gasteiger partial charge in [0.1, 0.15) is 18.3 Å². The lowest BCUT2D eigenvalue weighted by molar-refractivity contribution is -0.273. The van der Waals surface area contributed by atoms with E-state index in [9.17, 15) is 5.11 Å². The molecule has 5 heteroatoms. The molecule has 1 unspecified atom stereocenters. The standard InChI is InChI=1S/C14H24O5/c1-5-6-7-8-16-13-10(15)12-11(9(2)17-13)18-14(3,4)19-12/h5,9-13,15H,1,6-8H2,2-4H3/t9-,10-,11+,12-,13?/m0/s1. The molecule has 1 N–H and O–H groups in total. The Bertz CT molecular complexity index is 317. The molecule has 110 valence electrons. The van der Waals surface area contributed by atoms with Gasteiger partial charge in [0, 0.05) is 0 Å². The molecule has 0 aromatic heterocycles. The van der Waals surface area contributed by atoms with Crippen molar-refractivity contribution in [2.75, 3.05) is 6.61 Å². The van der Waals surface area contributed by atoms with Crippen LogP contribution in [0.2, 0.25) is 0 Å². The van der Waals surface area contributed by atoms with Crippen LogP contribution in [-0.4, -0.2) is 48.2 Å².